The molecule has 0 amide bonds. The van der Waals surface area contributed by atoms with Crippen LogP contribution in [-0.2, 0) is 0 Å². The topological polar surface area (TPSA) is 33.6 Å². The van der Waals surface area contributed by atoms with Crippen molar-refractivity contribution in [1.82, 2.24) is 9.13 Å². The van der Waals surface area contributed by atoms with Gasteiger partial charge in [0.1, 0.15) is 0 Å². The number of rotatable bonds is 4. The summed E-state index contributed by atoms with van der Waals surface area (Å²) >= 11 is 0. The molecule has 46 heavy (non-hydrogen) atoms. The van der Waals surface area contributed by atoms with Crippen molar-refractivity contribution in [1.29, 1.82) is 5.26 Å². The van der Waals surface area contributed by atoms with Gasteiger partial charge in [0.25, 0.3) is 0 Å². The van der Waals surface area contributed by atoms with Crippen LogP contribution in [-0.4, -0.2) is 9.13 Å². The smallest absolute Gasteiger partial charge is 0.0991 e. The van der Waals surface area contributed by atoms with Crippen molar-refractivity contribution in [2.45, 2.75) is 0 Å². The van der Waals surface area contributed by atoms with Gasteiger partial charge in [-0.05, 0) is 48.0 Å². The summed E-state index contributed by atoms with van der Waals surface area (Å²) in [6.45, 7) is 0. The van der Waals surface area contributed by atoms with Gasteiger partial charge in [0.15, 0.2) is 0 Å². The Balaban J connectivity index is 1.43. The summed E-state index contributed by atoms with van der Waals surface area (Å²) in [6.07, 6.45) is 0. The molecule has 3 nitrogen and oxygen atoms in total. The molecule has 0 aliphatic carbocycles. The molecule has 0 atom stereocenters. The fourth-order valence-corrected chi connectivity index (χ4v) is 7.24. The van der Waals surface area contributed by atoms with E-state index in [0.717, 1.165) is 33.5 Å². The van der Waals surface area contributed by atoms with Crippen molar-refractivity contribution >= 4 is 43.6 Å². The average Bonchev–Trinajstić information content (AvgIpc) is 3.65. The van der Waals surface area contributed by atoms with Crippen molar-refractivity contribution in [3.05, 3.63) is 169 Å². The van der Waals surface area contributed by atoms with Crippen LogP contribution in [0.15, 0.2) is 164 Å². The van der Waals surface area contributed by atoms with Crippen molar-refractivity contribution < 1.29 is 0 Å². The van der Waals surface area contributed by atoms with Gasteiger partial charge in [-0.1, -0.05) is 121 Å². The molecule has 2 aromatic heterocycles. The molecule has 0 aliphatic heterocycles. The highest BCUT2D eigenvalue weighted by Gasteiger charge is 2.22. The zero-order chi connectivity index (χ0) is 30.6. The fourth-order valence-electron chi connectivity index (χ4n) is 7.24. The second-order valence-corrected chi connectivity index (χ2v) is 11.7. The Morgan fingerprint density at radius 2 is 0.935 bits per heavy atom. The van der Waals surface area contributed by atoms with E-state index in [0.29, 0.717) is 5.56 Å². The maximum Gasteiger partial charge on any atom is 0.0991 e. The number of hydrogen-bond acceptors (Lipinski definition) is 1. The second-order valence-electron chi connectivity index (χ2n) is 11.7. The molecule has 0 saturated carbocycles. The first-order valence-electron chi connectivity index (χ1n) is 15.5. The Morgan fingerprint density at radius 1 is 0.413 bits per heavy atom. The molecule has 0 N–H and O–H groups in total. The van der Waals surface area contributed by atoms with Crippen molar-refractivity contribution in [3.8, 4) is 39.7 Å². The highest BCUT2D eigenvalue weighted by molar-refractivity contribution is 6.19. The third kappa shape index (κ3) is 3.84. The van der Waals surface area contributed by atoms with E-state index >= 15 is 0 Å². The maximum absolute atomic E-state index is 9.69. The molecule has 0 bridgehead atoms. The molecular formula is C43H27N3. The summed E-state index contributed by atoms with van der Waals surface area (Å²) in [5.41, 5.74) is 12.0. The number of benzene rings is 7. The van der Waals surface area contributed by atoms with E-state index < -0.39 is 0 Å². The van der Waals surface area contributed by atoms with E-state index in [1.54, 1.807) is 0 Å². The van der Waals surface area contributed by atoms with Crippen LogP contribution in [0.5, 0.6) is 0 Å². The van der Waals surface area contributed by atoms with Gasteiger partial charge in [0.05, 0.1) is 39.4 Å². The summed E-state index contributed by atoms with van der Waals surface area (Å²) in [4.78, 5) is 0. The van der Waals surface area contributed by atoms with Gasteiger partial charge >= 0.3 is 0 Å². The van der Waals surface area contributed by atoms with E-state index in [1.807, 2.05) is 18.2 Å². The number of aromatic nitrogens is 2. The average molecular weight is 586 g/mol. The van der Waals surface area contributed by atoms with E-state index in [9.17, 15) is 5.26 Å². The summed E-state index contributed by atoms with van der Waals surface area (Å²) in [7, 11) is 0. The summed E-state index contributed by atoms with van der Waals surface area (Å²) < 4.78 is 4.83. The van der Waals surface area contributed by atoms with Crippen molar-refractivity contribution in [2.24, 2.45) is 0 Å². The first-order chi connectivity index (χ1) is 22.8. The van der Waals surface area contributed by atoms with Gasteiger partial charge in [-0.2, -0.15) is 5.26 Å². The third-order valence-electron chi connectivity index (χ3n) is 9.14. The normalized spacial score (nSPS) is 11.5. The minimum absolute atomic E-state index is 0.649. The predicted octanol–water partition coefficient (Wildman–Crippen LogP) is 11.1. The lowest BCUT2D eigenvalue weighted by atomic mass is 9.98. The van der Waals surface area contributed by atoms with E-state index in [1.165, 1.54) is 43.7 Å². The van der Waals surface area contributed by atoms with Gasteiger partial charge in [-0.3, -0.25) is 0 Å². The minimum atomic E-state index is 0.649. The monoisotopic (exact) mass is 585 g/mol. The van der Waals surface area contributed by atoms with Gasteiger partial charge < -0.3 is 9.13 Å². The van der Waals surface area contributed by atoms with Crippen LogP contribution in [0.25, 0.3) is 77.2 Å². The Labute approximate surface area is 266 Å². The SMILES string of the molecule is N#Cc1cccc(-c2ccccc2-n2c3ccccc3c3cccc(-c4cccc5c6ccccc6n(-c6ccccc6)c45)c32)c1. The van der Waals surface area contributed by atoms with Gasteiger partial charge in [0, 0.05) is 43.9 Å². The second kappa shape index (κ2) is 10.4. The molecule has 3 heteroatoms. The number of nitriles is 1. The first-order valence-corrected chi connectivity index (χ1v) is 15.5. The molecule has 0 fully saturated rings. The molecule has 0 spiro atoms. The molecule has 9 rings (SSSR count). The van der Waals surface area contributed by atoms with Crippen molar-refractivity contribution in [2.75, 3.05) is 0 Å². The lowest BCUT2D eigenvalue weighted by molar-refractivity contribution is 1.17. The van der Waals surface area contributed by atoms with Gasteiger partial charge in [0.2, 0.25) is 0 Å². The maximum atomic E-state index is 9.69. The lowest BCUT2D eigenvalue weighted by Gasteiger charge is -2.17. The van der Waals surface area contributed by atoms with E-state index in [2.05, 4.69) is 161 Å². The Kier molecular flexibility index (Phi) is 5.88. The van der Waals surface area contributed by atoms with Crippen LogP contribution < -0.4 is 0 Å². The molecular weight excluding hydrogens is 558 g/mol. The van der Waals surface area contributed by atoms with Crippen LogP contribution >= 0.6 is 0 Å². The quantitative estimate of drug-likeness (QED) is 0.202. The molecule has 0 unspecified atom stereocenters. The minimum Gasteiger partial charge on any atom is -0.309 e. The van der Waals surface area contributed by atoms with Crippen LogP contribution in [0.3, 0.4) is 0 Å². The molecule has 7 aromatic carbocycles. The van der Waals surface area contributed by atoms with Gasteiger partial charge in [-0.15, -0.1) is 0 Å². The zero-order valence-corrected chi connectivity index (χ0v) is 24.9. The van der Waals surface area contributed by atoms with Gasteiger partial charge in [-0.25, -0.2) is 0 Å². The van der Waals surface area contributed by atoms with E-state index in [-0.39, 0.29) is 0 Å². The standard InChI is InChI=1S/C43H27N3/c44-28-29-13-10-14-30(27-29)32-17-4-7-24-39(32)46-41-26-9-6-19-34(41)36-21-12-23-38(43(36)46)37-22-11-20-35-33-18-5-8-25-40(33)45(42(35)37)31-15-2-1-3-16-31/h1-27H. The summed E-state index contributed by atoms with van der Waals surface area (Å²) in [5, 5.41) is 14.6. The number of fused-ring (bicyclic) bond motifs is 6. The summed E-state index contributed by atoms with van der Waals surface area (Å²) in [6, 6.07) is 60.1. The number of nitrogens with zero attached hydrogens (tertiary/aromatic N) is 3. The molecule has 0 saturated heterocycles. The zero-order valence-electron chi connectivity index (χ0n) is 24.9. The Hall–Kier alpha value is -6.37. The largest absolute Gasteiger partial charge is 0.309 e. The fraction of sp³-hybridized carbons (Fsp3) is 0. The highest BCUT2D eigenvalue weighted by atomic mass is 15.0. The first kappa shape index (κ1) is 26.1. The predicted molar refractivity (Wildman–Crippen MR) is 191 cm³/mol. The van der Waals surface area contributed by atoms with E-state index in [4.69, 9.17) is 0 Å². The molecule has 9 aromatic rings. The van der Waals surface area contributed by atoms with Crippen LogP contribution in [0.2, 0.25) is 0 Å². The molecule has 2 heterocycles. The highest BCUT2D eigenvalue weighted by Crippen LogP contribution is 2.44. The van der Waals surface area contributed by atoms with Crippen molar-refractivity contribution in [3.63, 3.8) is 0 Å². The van der Waals surface area contributed by atoms with Crippen LogP contribution in [0.1, 0.15) is 5.56 Å². The molecule has 0 aliphatic rings. The molecule has 0 radical (unpaired) electrons. The summed E-state index contributed by atoms with van der Waals surface area (Å²) in [5.74, 6) is 0. The lowest BCUT2D eigenvalue weighted by Crippen LogP contribution is -1.99. The van der Waals surface area contributed by atoms with Crippen LogP contribution in [0.4, 0.5) is 0 Å². The molecule has 214 valence electrons. The number of para-hydroxylation sites is 6. The number of hydrogen-bond donors (Lipinski definition) is 0. The Bertz CT molecular complexity index is 2650. The van der Waals surface area contributed by atoms with Crippen LogP contribution in [0, 0.1) is 11.3 Å². The third-order valence-corrected chi connectivity index (χ3v) is 9.14. The Morgan fingerprint density at radius 3 is 1.63 bits per heavy atom.